The normalized spacial score (nSPS) is 11.5. The predicted octanol–water partition coefficient (Wildman–Crippen LogP) is 16.3. The number of halogens is 2. The summed E-state index contributed by atoms with van der Waals surface area (Å²) < 4.78 is 27.0. The van der Waals surface area contributed by atoms with E-state index in [1.807, 2.05) is 12.1 Å². The first-order valence-electron chi connectivity index (χ1n) is 21.5. The molecule has 0 fully saturated rings. The number of fused-ring (bicyclic) bond motifs is 2. The highest BCUT2D eigenvalue weighted by Crippen LogP contribution is 2.53. The van der Waals surface area contributed by atoms with Crippen LogP contribution in [0.3, 0.4) is 0 Å². The molecule has 0 atom stereocenters. The highest BCUT2D eigenvalue weighted by atomic mass is 35.5. The number of hydrogen-bond donors (Lipinski definition) is 0. The Kier molecular flexibility index (Phi) is 23.5. The molecule has 52 heavy (non-hydrogen) atoms. The molecular formula is C46H72Cl2O4. The third kappa shape index (κ3) is 15.0. The summed E-state index contributed by atoms with van der Waals surface area (Å²) in [7, 11) is 0. The molecule has 0 bridgehead atoms. The van der Waals surface area contributed by atoms with Crippen LogP contribution in [0.15, 0.2) is 24.3 Å². The molecule has 0 heterocycles. The Labute approximate surface area is 328 Å². The van der Waals surface area contributed by atoms with E-state index in [-0.39, 0.29) is 0 Å². The topological polar surface area (TPSA) is 36.9 Å². The van der Waals surface area contributed by atoms with Crippen molar-refractivity contribution >= 4 is 44.7 Å². The molecule has 0 unspecified atom stereocenters. The number of hydrogen-bond acceptors (Lipinski definition) is 4. The second-order valence-electron chi connectivity index (χ2n) is 14.7. The molecule has 294 valence electrons. The first-order chi connectivity index (χ1) is 25.6. The maximum absolute atomic E-state index is 7.13. The summed E-state index contributed by atoms with van der Waals surface area (Å²) in [5, 5.41) is 4.49. The number of rotatable bonds is 32. The van der Waals surface area contributed by atoms with E-state index in [1.165, 1.54) is 109 Å². The van der Waals surface area contributed by atoms with Gasteiger partial charge in [0.2, 0.25) is 0 Å². The highest BCUT2D eigenvalue weighted by Gasteiger charge is 2.26. The summed E-state index contributed by atoms with van der Waals surface area (Å²) in [6, 6.07) is 8.06. The van der Waals surface area contributed by atoms with Crippen LogP contribution < -0.4 is 18.9 Å². The maximum atomic E-state index is 7.13. The summed E-state index contributed by atoms with van der Waals surface area (Å²) in [6.45, 7) is 11.6. The van der Waals surface area contributed by atoms with Gasteiger partial charge in [-0.15, -0.1) is 0 Å². The third-order valence-electron chi connectivity index (χ3n) is 10.1. The van der Waals surface area contributed by atoms with Crippen LogP contribution in [0.5, 0.6) is 23.0 Å². The third-order valence-corrected chi connectivity index (χ3v) is 11.0. The van der Waals surface area contributed by atoms with Crippen molar-refractivity contribution in [2.75, 3.05) is 26.4 Å². The van der Waals surface area contributed by atoms with Gasteiger partial charge < -0.3 is 18.9 Å². The van der Waals surface area contributed by atoms with Crippen LogP contribution in [-0.2, 0) is 0 Å². The smallest absolute Gasteiger partial charge is 0.140 e. The van der Waals surface area contributed by atoms with Crippen LogP contribution in [0, 0.1) is 0 Å². The van der Waals surface area contributed by atoms with Gasteiger partial charge in [0.25, 0.3) is 0 Å². The van der Waals surface area contributed by atoms with Crippen LogP contribution >= 0.6 is 23.2 Å². The molecule has 3 rings (SSSR count). The SMILES string of the molecule is CCCCCCCCOc1ccc(OCCCCCCCC)c2c(OCCCCCCCC)c3c(Cl)c(Cl)ccc3c(OCCCCCCCC)c12. The molecule has 0 N–H and O–H groups in total. The summed E-state index contributed by atoms with van der Waals surface area (Å²) in [6.07, 6.45) is 28.8. The number of benzene rings is 3. The molecular weight excluding hydrogens is 687 g/mol. The molecule has 0 radical (unpaired) electrons. The first kappa shape index (κ1) is 44.4. The fraction of sp³-hybridized carbons (Fsp3) is 0.696. The molecule has 3 aromatic rings. The molecule has 0 amide bonds. The van der Waals surface area contributed by atoms with E-state index in [0.29, 0.717) is 36.5 Å². The van der Waals surface area contributed by atoms with Crippen molar-refractivity contribution in [1.82, 2.24) is 0 Å². The van der Waals surface area contributed by atoms with Crippen LogP contribution in [0.1, 0.15) is 182 Å². The fourth-order valence-corrected chi connectivity index (χ4v) is 7.42. The Morgan fingerprint density at radius 2 is 0.712 bits per heavy atom. The highest BCUT2D eigenvalue weighted by molar-refractivity contribution is 6.46. The fourth-order valence-electron chi connectivity index (χ4n) is 7.01. The number of ether oxygens (including phenoxy) is 4. The van der Waals surface area contributed by atoms with Gasteiger partial charge in [-0.2, -0.15) is 0 Å². The van der Waals surface area contributed by atoms with Gasteiger partial charge in [-0.1, -0.05) is 179 Å². The second-order valence-corrected chi connectivity index (χ2v) is 15.5. The molecule has 0 aliphatic carbocycles. The molecule has 0 spiro atoms. The summed E-state index contributed by atoms with van der Waals surface area (Å²) in [5.41, 5.74) is 0. The van der Waals surface area contributed by atoms with E-state index >= 15 is 0 Å². The van der Waals surface area contributed by atoms with E-state index in [1.54, 1.807) is 0 Å². The standard InChI is InChI=1S/C46H72Cl2O4/c1-5-9-13-17-21-25-33-49-39-31-32-40(50-34-26-22-18-14-10-6-2)43-42(39)45(51-35-27-23-19-15-11-7-3)37-29-30-38(47)44(48)41(37)46(43)52-36-28-24-20-16-12-8-4/h29-32H,5-28,33-36H2,1-4H3. The van der Waals surface area contributed by atoms with E-state index in [2.05, 4.69) is 39.8 Å². The summed E-state index contributed by atoms with van der Waals surface area (Å²) >= 11 is 13.9. The van der Waals surface area contributed by atoms with Crippen LogP contribution in [0.2, 0.25) is 10.0 Å². The van der Waals surface area contributed by atoms with Crippen molar-refractivity contribution < 1.29 is 18.9 Å². The van der Waals surface area contributed by atoms with Crippen LogP contribution in [0.4, 0.5) is 0 Å². The lowest BCUT2D eigenvalue weighted by Crippen LogP contribution is -2.06. The van der Waals surface area contributed by atoms with Crippen LogP contribution in [-0.4, -0.2) is 26.4 Å². The molecule has 3 aromatic carbocycles. The Hall–Kier alpha value is -2.04. The van der Waals surface area contributed by atoms with Gasteiger partial charge in [0, 0.05) is 10.8 Å². The monoisotopic (exact) mass is 758 g/mol. The van der Waals surface area contributed by atoms with Gasteiger partial charge in [0.15, 0.2) is 0 Å². The average molecular weight is 760 g/mol. The minimum Gasteiger partial charge on any atom is -0.493 e. The van der Waals surface area contributed by atoms with Gasteiger partial charge in [-0.3, -0.25) is 0 Å². The van der Waals surface area contributed by atoms with Crippen molar-refractivity contribution in [3.05, 3.63) is 34.3 Å². The van der Waals surface area contributed by atoms with Gasteiger partial charge in [0.1, 0.15) is 23.0 Å². The predicted molar refractivity (Wildman–Crippen MR) is 227 cm³/mol. The Bertz CT molecular complexity index is 1390. The quantitative estimate of drug-likeness (QED) is 0.0469. The molecule has 0 saturated carbocycles. The van der Waals surface area contributed by atoms with E-state index in [4.69, 9.17) is 42.1 Å². The maximum Gasteiger partial charge on any atom is 0.140 e. The molecule has 0 saturated heterocycles. The number of unbranched alkanes of at least 4 members (excludes halogenated alkanes) is 20. The molecule has 0 aromatic heterocycles. The van der Waals surface area contributed by atoms with Crippen molar-refractivity contribution in [3.63, 3.8) is 0 Å². The molecule has 0 aliphatic rings. The lowest BCUT2D eigenvalue weighted by molar-refractivity contribution is 0.290. The minimum absolute atomic E-state index is 0.490. The van der Waals surface area contributed by atoms with Crippen LogP contribution in [0.25, 0.3) is 21.5 Å². The van der Waals surface area contributed by atoms with Crippen molar-refractivity contribution in [2.24, 2.45) is 0 Å². The van der Waals surface area contributed by atoms with Gasteiger partial charge in [-0.05, 0) is 49.9 Å². The zero-order valence-corrected chi connectivity index (χ0v) is 35.0. The summed E-state index contributed by atoms with van der Waals surface area (Å²) in [4.78, 5) is 0. The van der Waals surface area contributed by atoms with Gasteiger partial charge >= 0.3 is 0 Å². The average Bonchev–Trinajstić information content (AvgIpc) is 3.15. The first-order valence-corrected chi connectivity index (χ1v) is 22.3. The van der Waals surface area contributed by atoms with E-state index < -0.39 is 0 Å². The largest absolute Gasteiger partial charge is 0.493 e. The van der Waals surface area contributed by atoms with Crippen molar-refractivity contribution in [3.8, 4) is 23.0 Å². The summed E-state index contributed by atoms with van der Waals surface area (Å²) in [5.74, 6) is 3.11. The van der Waals surface area contributed by atoms with Crippen molar-refractivity contribution in [2.45, 2.75) is 182 Å². The zero-order valence-electron chi connectivity index (χ0n) is 33.5. The minimum atomic E-state index is 0.490. The van der Waals surface area contributed by atoms with Gasteiger partial charge in [0.05, 0.1) is 47.2 Å². The molecule has 0 aliphatic heterocycles. The zero-order chi connectivity index (χ0) is 37.2. The Morgan fingerprint density at radius 3 is 1.13 bits per heavy atom. The van der Waals surface area contributed by atoms with Crippen molar-refractivity contribution in [1.29, 1.82) is 0 Å². The van der Waals surface area contributed by atoms with Gasteiger partial charge in [-0.25, -0.2) is 0 Å². The molecule has 4 nitrogen and oxygen atoms in total. The second kappa shape index (κ2) is 27.5. The lowest BCUT2D eigenvalue weighted by atomic mass is 9.98. The molecule has 6 heteroatoms. The van der Waals surface area contributed by atoms with E-state index in [9.17, 15) is 0 Å². The Balaban J connectivity index is 2.07. The van der Waals surface area contributed by atoms with E-state index in [0.717, 1.165) is 89.5 Å². The lowest BCUT2D eigenvalue weighted by Gasteiger charge is -2.23. The Morgan fingerprint density at radius 1 is 0.365 bits per heavy atom.